The van der Waals surface area contributed by atoms with Gasteiger partial charge in [-0.1, -0.05) is 24.9 Å². The molecule has 0 spiro atoms. The lowest BCUT2D eigenvalue weighted by atomic mass is 9.86. The maximum absolute atomic E-state index is 12.4. The van der Waals surface area contributed by atoms with Crippen molar-refractivity contribution in [1.29, 1.82) is 0 Å². The van der Waals surface area contributed by atoms with Crippen LogP contribution in [0.4, 0.5) is 0 Å². The van der Waals surface area contributed by atoms with Crippen molar-refractivity contribution in [3.63, 3.8) is 0 Å². The Labute approximate surface area is 177 Å². The molecule has 2 aromatic rings. The van der Waals surface area contributed by atoms with Gasteiger partial charge in [-0.25, -0.2) is 4.79 Å². The van der Waals surface area contributed by atoms with Crippen molar-refractivity contribution in [2.45, 2.75) is 72.1 Å². The number of rotatable bonds is 7. The van der Waals surface area contributed by atoms with E-state index in [0.29, 0.717) is 23.8 Å². The van der Waals surface area contributed by atoms with E-state index in [1.165, 1.54) is 6.42 Å². The molecular formula is C23H30N2O5. The standard InChI is InChI=1S/C23H30N2O5/c1-14-7-5-6-8-21(14)24-22(26)17(4)29-23(27)18-9-11-19(12-10-18)28-13-20-15(2)25-30-16(20)3/h9-12,14,17,21H,5-8,13H2,1-4H3,(H,24,26)/t14-,17+,21+/m0/s1. The van der Waals surface area contributed by atoms with Gasteiger partial charge in [0.05, 0.1) is 16.8 Å². The van der Waals surface area contributed by atoms with E-state index in [9.17, 15) is 9.59 Å². The SMILES string of the molecule is Cc1noc(C)c1COc1ccc(C(=O)O[C@H](C)C(=O)N[C@@H]2CCCC[C@@H]2C)cc1. The highest BCUT2D eigenvalue weighted by Gasteiger charge is 2.26. The third-order valence-corrected chi connectivity index (χ3v) is 5.75. The largest absolute Gasteiger partial charge is 0.489 e. The van der Waals surface area contributed by atoms with E-state index in [1.54, 1.807) is 31.2 Å². The highest BCUT2D eigenvalue weighted by atomic mass is 16.5. The molecule has 162 valence electrons. The second-order valence-electron chi connectivity index (χ2n) is 8.04. The molecule has 1 aromatic heterocycles. The highest BCUT2D eigenvalue weighted by Crippen LogP contribution is 2.24. The Hall–Kier alpha value is -2.83. The van der Waals surface area contributed by atoms with Crippen molar-refractivity contribution in [2.75, 3.05) is 0 Å². The van der Waals surface area contributed by atoms with Gasteiger partial charge >= 0.3 is 5.97 Å². The minimum Gasteiger partial charge on any atom is -0.489 e. The van der Waals surface area contributed by atoms with Gasteiger partial charge in [0.15, 0.2) is 6.10 Å². The van der Waals surface area contributed by atoms with Gasteiger partial charge in [-0.2, -0.15) is 0 Å². The van der Waals surface area contributed by atoms with Gasteiger partial charge in [0, 0.05) is 6.04 Å². The number of aryl methyl sites for hydroxylation is 2. The molecular weight excluding hydrogens is 384 g/mol. The Morgan fingerprint density at radius 2 is 1.90 bits per heavy atom. The second-order valence-corrected chi connectivity index (χ2v) is 8.04. The smallest absolute Gasteiger partial charge is 0.338 e. The molecule has 0 saturated heterocycles. The van der Waals surface area contributed by atoms with E-state index >= 15 is 0 Å². The fraction of sp³-hybridized carbons (Fsp3) is 0.522. The van der Waals surface area contributed by atoms with Crippen molar-refractivity contribution in [3.8, 4) is 5.75 Å². The van der Waals surface area contributed by atoms with Crippen LogP contribution in [0.5, 0.6) is 5.75 Å². The lowest BCUT2D eigenvalue weighted by molar-refractivity contribution is -0.130. The fourth-order valence-electron chi connectivity index (χ4n) is 3.66. The zero-order valence-electron chi connectivity index (χ0n) is 18.1. The quantitative estimate of drug-likeness (QED) is 0.686. The Morgan fingerprint density at radius 1 is 1.20 bits per heavy atom. The van der Waals surface area contributed by atoms with Crippen LogP contribution in [0.15, 0.2) is 28.8 Å². The van der Waals surface area contributed by atoms with Crippen LogP contribution in [0.25, 0.3) is 0 Å². The first-order chi connectivity index (χ1) is 14.3. The molecule has 7 heteroatoms. The zero-order chi connectivity index (χ0) is 21.7. The minimum absolute atomic E-state index is 0.154. The molecule has 1 saturated carbocycles. The number of hydrogen-bond donors (Lipinski definition) is 1. The maximum atomic E-state index is 12.4. The number of carbonyl (C=O) groups excluding carboxylic acids is 2. The summed E-state index contributed by atoms with van der Waals surface area (Å²) in [6.45, 7) is 7.78. The molecule has 0 bridgehead atoms. The summed E-state index contributed by atoms with van der Waals surface area (Å²) in [4.78, 5) is 24.8. The summed E-state index contributed by atoms with van der Waals surface area (Å²) >= 11 is 0. The average Bonchev–Trinajstić information content (AvgIpc) is 3.05. The van der Waals surface area contributed by atoms with E-state index in [2.05, 4.69) is 17.4 Å². The topological polar surface area (TPSA) is 90.7 Å². The molecule has 3 atom stereocenters. The number of nitrogens with zero attached hydrogens (tertiary/aromatic N) is 1. The molecule has 1 amide bonds. The van der Waals surface area contributed by atoms with Gasteiger partial charge in [0.2, 0.25) is 0 Å². The van der Waals surface area contributed by atoms with Crippen LogP contribution in [0, 0.1) is 19.8 Å². The van der Waals surface area contributed by atoms with Crippen LogP contribution in [0.2, 0.25) is 0 Å². The van der Waals surface area contributed by atoms with Crippen molar-refractivity contribution < 1.29 is 23.6 Å². The predicted octanol–water partition coefficient (Wildman–Crippen LogP) is 4.11. The van der Waals surface area contributed by atoms with E-state index in [0.717, 1.165) is 36.3 Å². The Kier molecular flexibility index (Phi) is 7.13. The summed E-state index contributed by atoms with van der Waals surface area (Å²) in [5, 5.41) is 6.92. The van der Waals surface area contributed by atoms with Crippen LogP contribution in [-0.2, 0) is 16.1 Å². The number of hydrogen-bond acceptors (Lipinski definition) is 6. The molecule has 1 N–H and O–H groups in total. The lowest BCUT2D eigenvalue weighted by Gasteiger charge is -2.30. The summed E-state index contributed by atoms with van der Waals surface area (Å²) in [6.07, 6.45) is 3.57. The van der Waals surface area contributed by atoms with Gasteiger partial charge in [-0.3, -0.25) is 4.79 Å². The summed E-state index contributed by atoms with van der Waals surface area (Å²) in [6, 6.07) is 6.80. The number of esters is 1. The second kappa shape index (κ2) is 9.78. The molecule has 0 aliphatic heterocycles. The molecule has 1 aromatic carbocycles. The van der Waals surface area contributed by atoms with Crippen LogP contribution in [0.1, 0.15) is 66.9 Å². The first kappa shape index (κ1) is 21.9. The van der Waals surface area contributed by atoms with E-state index < -0.39 is 12.1 Å². The van der Waals surface area contributed by atoms with E-state index in [1.807, 2.05) is 13.8 Å². The fourth-order valence-corrected chi connectivity index (χ4v) is 3.66. The van der Waals surface area contributed by atoms with Crippen molar-refractivity contribution in [3.05, 3.63) is 46.8 Å². The van der Waals surface area contributed by atoms with Crippen LogP contribution in [-0.4, -0.2) is 29.2 Å². The summed E-state index contributed by atoms with van der Waals surface area (Å²) < 4.78 is 16.2. The van der Waals surface area contributed by atoms with E-state index in [-0.39, 0.29) is 11.9 Å². The third kappa shape index (κ3) is 5.40. The third-order valence-electron chi connectivity index (χ3n) is 5.75. The van der Waals surface area contributed by atoms with Crippen LogP contribution in [0.3, 0.4) is 0 Å². The van der Waals surface area contributed by atoms with Crippen LogP contribution >= 0.6 is 0 Å². The first-order valence-corrected chi connectivity index (χ1v) is 10.5. The number of ether oxygens (including phenoxy) is 2. The molecule has 7 nitrogen and oxygen atoms in total. The normalized spacial score (nSPS) is 19.7. The molecule has 1 heterocycles. The number of amides is 1. The zero-order valence-corrected chi connectivity index (χ0v) is 18.1. The number of nitrogens with one attached hydrogen (secondary N) is 1. The number of benzene rings is 1. The molecule has 0 radical (unpaired) electrons. The molecule has 0 unspecified atom stereocenters. The summed E-state index contributed by atoms with van der Waals surface area (Å²) in [5.41, 5.74) is 2.07. The minimum atomic E-state index is -0.845. The van der Waals surface area contributed by atoms with Gasteiger partial charge in [-0.15, -0.1) is 0 Å². The summed E-state index contributed by atoms with van der Waals surface area (Å²) in [5.74, 6) is 1.00. The van der Waals surface area contributed by atoms with Crippen molar-refractivity contribution >= 4 is 11.9 Å². The molecule has 1 aliphatic carbocycles. The monoisotopic (exact) mass is 414 g/mol. The Balaban J connectivity index is 1.50. The Morgan fingerprint density at radius 3 is 2.53 bits per heavy atom. The highest BCUT2D eigenvalue weighted by molar-refractivity contribution is 5.92. The first-order valence-electron chi connectivity index (χ1n) is 10.5. The van der Waals surface area contributed by atoms with Gasteiger partial charge < -0.3 is 19.3 Å². The average molecular weight is 415 g/mol. The van der Waals surface area contributed by atoms with Crippen molar-refractivity contribution in [2.24, 2.45) is 5.92 Å². The van der Waals surface area contributed by atoms with Gasteiger partial charge in [0.1, 0.15) is 18.1 Å². The van der Waals surface area contributed by atoms with Gasteiger partial charge in [0.25, 0.3) is 5.91 Å². The molecule has 30 heavy (non-hydrogen) atoms. The lowest BCUT2D eigenvalue weighted by Crippen LogP contribution is -2.45. The van der Waals surface area contributed by atoms with Crippen molar-refractivity contribution in [1.82, 2.24) is 10.5 Å². The molecule has 3 rings (SSSR count). The number of aromatic nitrogens is 1. The molecule has 1 aliphatic rings. The molecule has 1 fully saturated rings. The predicted molar refractivity (Wildman–Crippen MR) is 111 cm³/mol. The van der Waals surface area contributed by atoms with Gasteiger partial charge in [-0.05, 0) is 63.8 Å². The summed E-state index contributed by atoms with van der Waals surface area (Å²) in [7, 11) is 0. The van der Waals surface area contributed by atoms with Crippen LogP contribution < -0.4 is 10.1 Å². The van der Waals surface area contributed by atoms with E-state index in [4.69, 9.17) is 14.0 Å². The maximum Gasteiger partial charge on any atom is 0.338 e. The Bertz CT molecular complexity index is 855. The number of carbonyl (C=O) groups is 2.